The standard InChI is InChI=1S/C14H14BrFN4/c1-8-12-13(17)19-14(2,6-20(12)7-18-8)10-5-9(15)3-4-11(10)16/h3-5,7H,6H2,1-2H3,(H2,17,19). The number of halogens is 2. The molecule has 4 nitrogen and oxygen atoms in total. The molecule has 0 saturated carbocycles. The van der Waals surface area contributed by atoms with Crippen molar-refractivity contribution in [3.63, 3.8) is 0 Å². The van der Waals surface area contributed by atoms with Gasteiger partial charge in [-0.1, -0.05) is 15.9 Å². The molecule has 20 heavy (non-hydrogen) atoms. The zero-order valence-corrected chi connectivity index (χ0v) is 12.8. The lowest BCUT2D eigenvalue weighted by molar-refractivity contribution is 0.384. The predicted octanol–water partition coefficient (Wildman–Crippen LogP) is 2.73. The quantitative estimate of drug-likeness (QED) is 0.870. The molecule has 0 fully saturated rings. The Morgan fingerprint density at radius 3 is 2.95 bits per heavy atom. The van der Waals surface area contributed by atoms with Crippen LogP contribution in [0, 0.1) is 12.7 Å². The van der Waals surface area contributed by atoms with Gasteiger partial charge in [-0.25, -0.2) is 9.37 Å². The van der Waals surface area contributed by atoms with E-state index in [9.17, 15) is 4.39 Å². The van der Waals surface area contributed by atoms with Gasteiger partial charge in [0.15, 0.2) is 0 Å². The van der Waals surface area contributed by atoms with Crippen molar-refractivity contribution in [2.75, 3.05) is 0 Å². The number of rotatable bonds is 1. The van der Waals surface area contributed by atoms with E-state index in [0.29, 0.717) is 17.9 Å². The van der Waals surface area contributed by atoms with Crippen LogP contribution in [0.1, 0.15) is 23.9 Å². The maximum Gasteiger partial charge on any atom is 0.145 e. The third kappa shape index (κ3) is 1.95. The summed E-state index contributed by atoms with van der Waals surface area (Å²) in [6, 6.07) is 4.86. The van der Waals surface area contributed by atoms with Crippen LogP contribution in [0.2, 0.25) is 0 Å². The summed E-state index contributed by atoms with van der Waals surface area (Å²) >= 11 is 3.37. The second-order valence-corrected chi connectivity index (χ2v) is 6.12. The molecule has 0 amide bonds. The Morgan fingerprint density at radius 2 is 2.20 bits per heavy atom. The van der Waals surface area contributed by atoms with Gasteiger partial charge >= 0.3 is 0 Å². The van der Waals surface area contributed by atoms with Crippen molar-refractivity contribution in [2.24, 2.45) is 10.7 Å². The molecule has 2 N–H and O–H groups in total. The molecular formula is C14H14BrFN4. The van der Waals surface area contributed by atoms with Gasteiger partial charge in [0.25, 0.3) is 0 Å². The average molecular weight is 337 g/mol. The number of imidazole rings is 1. The summed E-state index contributed by atoms with van der Waals surface area (Å²) in [5, 5.41) is 0. The summed E-state index contributed by atoms with van der Waals surface area (Å²) in [5.74, 6) is 0.112. The van der Waals surface area contributed by atoms with Gasteiger partial charge in [-0.3, -0.25) is 4.99 Å². The van der Waals surface area contributed by atoms with Crippen molar-refractivity contribution in [1.82, 2.24) is 9.55 Å². The molecule has 0 saturated heterocycles. The van der Waals surface area contributed by atoms with Crippen molar-refractivity contribution in [3.8, 4) is 0 Å². The van der Waals surface area contributed by atoms with Crippen molar-refractivity contribution < 1.29 is 4.39 Å². The minimum Gasteiger partial charge on any atom is -0.382 e. The zero-order chi connectivity index (χ0) is 14.5. The van der Waals surface area contributed by atoms with Crippen LogP contribution in [-0.2, 0) is 12.1 Å². The summed E-state index contributed by atoms with van der Waals surface area (Å²) in [5.41, 5.74) is 7.48. The molecule has 1 aromatic heterocycles. The fourth-order valence-electron chi connectivity index (χ4n) is 2.68. The summed E-state index contributed by atoms with van der Waals surface area (Å²) in [4.78, 5) is 8.78. The normalized spacial score (nSPS) is 21.5. The lowest BCUT2D eigenvalue weighted by Gasteiger charge is -2.32. The molecule has 1 aliphatic rings. The summed E-state index contributed by atoms with van der Waals surface area (Å²) < 4.78 is 16.9. The Bertz CT molecular complexity index is 722. The molecule has 6 heteroatoms. The van der Waals surface area contributed by atoms with Gasteiger partial charge in [0.1, 0.15) is 22.9 Å². The molecule has 104 valence electrons. The Hall–Kier alpha value is -1.69. The third-order valence-corrected chi connectivity index (χ3v) is 4.11. The van der Waals surface area contributed by atoms with E-state index in [4.69, 9.17) is 5.73 Å². The van der Waals surface area contributed by atoms with Gasteiger partial charge in [0, 0.05) is 10.0 Å². The average Bonchev–Trinajstić information content (AvgIpc) is 2.73. The first kappa shape index (κ1) is 13.3. The van der Waals surface area contributed by atoms with E-state index >= 15 is 0 Å². The molecule has 1 atom stereocenters. The second-order valence-electron chi connectivity index (χ2n) is 5.20. The maximum atomic E-state index is 14.2. The monoisotopic (exact) mass is 336 g/mol. The van der Waals surface area contributed by atoms with E-state index < -0.39 is 5.54 Å². The van der Waals surface area contributed by atoms with E-state index in [1.807, 2.05) is 18.4 Å². The van der Waals surface area contributed by atoms with Crippen LogP contribution in [-0.4, -0.2) is 15.4 Å². The van der Waals surface area contributed by atoms with Crippen molar-refractivity contribution in [3.05, 3.63) is 51.8 Å². The number of benzene rings is 1. The van der Waals surface area contributed by atoms with Gasteiger partial charge in [-0.15, -0.1) is 0 Å². The van der Waals surface area contributed by atoms with Gasteiger partial charge in [-0.05, 0) is 32.0 Å². The highest BCUT2D eigenvalue weighted by molar-refractivity contribution is 9.10. The molecule has 1 aromatic carbocycles. The number of nitrogens with zero attached hydrogens (tertiary/aromatic N) is 3. The highest BCUT2D eigenvalue weighted by atomic mass is 79.9. The van der Waals surface area contributed by atoms with Gasteiger partial charge < -0.3 is 10.3 Å². The smallest absolute Gasteiger partial charge is 0.145 e. The molecule has 3 rings (SSSR count). The number of fused-ring (bicyclic) bond motifs is 1. The predicted molar refractivity (Wildman–Crippen MR) is 79.1 cm³/mol. The van der Waals surface area contributed by atoms with Crippen LogP contribution >= 0.6 is 15.9 Å². The summed E-state index contributed by atoms with van der Waals surface area (Å²) in [7, 11) is 0. The van der Waals surface area contributed by atoms with Crippen LogP contribution in [0.3, 0.4) is 0 Å². The van der Waals surface area contributed by atoms with Crippen LogP contribution in [0.5, 0.6) is 0 Å². The Morgan fingerprint density at radius 1 is 1.45 bits per heavy atom. The minimum atomic E-state index is -0.738. The number of amidine groups is 1. The van der Waals surface area contributed by atoms with E-state index in [2.05, 4.69) is 25.9 Å². The Balaban J connectivity index is 2.16. The van der Waals surface area contributed by atoms with Crippen LogP contribution < -0.4 is 5.73 Å². The van der Waals surface area contributed by atoms with Crippen LogP contribution in [0.4, 0.5) is 4.39 Å². The second kappa shape index (κ2) is 4.41. The Labute approximate surface area is 124 Å². The van der Waals surface area contributed by atoms with E-state index in [1.54, 1.807) is 18.5 Å². The van der Waals surface area contributed by atoms with Crippen molar-refractivity contribution in [2.45, 2.75) is 25.9 Å². The van der Waals surface area contributed by atoms with Gasteiger partial charge in [-0.2, -0.15) is 0 Å². The third-order valence-electron chi connectivity index (χ3n) is 3.62. The SMILES string of the molecule is Cc1ncn2c1C(N)=NC(C)(c1cc(Br)ccc1F)C2. The van der Waals surface area contributed by atoms with Crippen LogP contribution in [0.15, 0.2) is 34.0 Å². The number of nitrogens with two attached hydrogens (primary N) is 1. The van der Waals surface area contributed by atoms with Crippen molar-refractivity contribution in [1.29, 1.82) is 0 Å². The van der Waals surface area contributed by atoms with E-state index in [1.165, 1.54) is 6.07 Å². The number of aromatic nitrogens is 2. The van der Waals surface area contributed by atoms with Crippen molar-refractivity contribution >= 4 is 21.8 Å². The number of hydrogen-bond acceptors (Lipinski definition) is 3. The molecule has 1 unspecified atom stereocenters. The number of hydrogen-bond donors (Lipinski definition) is 1. The van der Waals surface area contributed by atoms with Crippen LogP contribution in [0.25, 0.3) is 0 Å². The summed E-state index contributed by atoms with van der Waals surface area (Å²) in [6.07, 6.45) is 1.72. The molecule has 2 aromatic rings. The van der Waals surface area contributed by atoms with Gasteiger partial charge in [0.05, 0.1) is 18.6 Å². The lowest BCUT2D eigenvalue weighted by atomic mass is 9.90. The zero-order valence-electron chi connectivity index (χ0n) is 11.2. The largest absolute Gasteiger partial charge is 0.382 e. The summed E-state index contributed by atoms with van der Waals surface area (Å²) in [6.45, 7) is 4.27. The molecule has 0 spiro atoms. The first-order valence-corrected chi connectivity index (χ1v) is 7.03. The Kier molecular flexibility index (Phi) is 2.93. The van der Waals surface area contributed by atoms with E-state index in [-0.39, 0.29) is 5.82 Å². The first-order chi connectivity index (χ1) is 9.40. The molecule has 1 aliphatic heterocycles. The molecule has 0 aliphatic carbocycles. The fourth-order valence-corrected chi connectivity index (χ4v) is 3.04. The van der Waals surface area contributed by atoms with E-state index in [0.717, 1.165) is 15.9 Å². The topological polar surface area (TPSA) is 56.2 Å². The maximum absolute atomic E-state index is 14.2. The highest BCUT2D eigenvalue weighted by Crippen LogP contribution is 2.35. The number of aliphatic imine (C=N–C) groups is 1. The first-order valence-electron chi connectivity index (χ1n) is 6.24. The highest BCUT2D eigenvalue weighted by Gasteiger charge is 2.35. The van der Waals surface area contributed by atoms with Gasteiger partial charge in [0.2, 0.25) is 0 Å². The fraction of sp³-hybridized carbons (Fsp3) is 0.286. The molecule has 0 bridgehead atoms. The minimum absolute atomic E-state index is 0.285. The molecule has 0 radical (unpaired) electrons. The molecule has 2 heterocycles. The molecular weight excluding hydrogens is 323 g/mol. The lowest BCUT2D eigenvalue weighted by Crippen LogP contribution is -2.37. The number of aryl methyl sites for hydroxylation is 1.